The fourth-order valence-corrected chi connectivity index (χ4v) is 10.3. The predicted octanol–water partition coefficient (Wildman–Crippen LogP) is 10.4. The van der Waals surface area contributed by atoms with Gasteiger partial charge in [0.25, 0.3) is 0 Å². The Morgan fingerprint density at radius 2 is 1.38 bits per heavy atom. The van der Waals surface area contributed by atoms with E-state index in [0.717, 1.165) is 87.1 Å². The number of fused-ring (bicyclic) bond motifs is 7. The van der Waals surface area contributed by atoms with Crippen LogP contribution in [0.3, 0.4) is 0 Å². The third-order valence-electron chi connectivity index (χ3n) is 14.5. The Morgan fingerprint density at radius 3 is 1.98 bits per heavy atom. The number of ether oxygens (including phenoxy) is 2. The molecule has 0 amide bonds. The maximum Gasteiger partial charge on any atom is 2.00 e. The second-order valence-electron chi connectivity index (χ2n) is 19.8. The van der Waals surface area contributed by atoms with E-state index in [4.69, 9.17) is 29.7 Å². The Kier molecular flexibility index (Phi) is 18.5. The van der Waals surface area contributed by atoms with Crippen LogP contribution in [0.2, 0.25) is 0 Å². The zero-order chi connectivity index (χ0) is 46.4. The molecule has 0 radical (unpaired) electrons. The van der Waals surface area contributed by atoms with Crippen LogP contribution in [-0.4, -0.2) is 54.5 Å². The number of hydrogen-bond acceptors (Lipinski definition) is 5. The molecule has 0 aromatic carbocycles. The van der Waals surface area contributed by atoms with Crippen LogP contribution in [-0.2, 0) is 25.5 Å². The van der Waals surface area contributed by atoms with Gasteiger partial charge in [0.15, 0.2) is 5.78 Å². The molecule has 1 unspecified atom stereocenters. The van der Waals surface area contributed by atoms with E-state index < -0.39 is 11.9 Å². The summed E-state index contributed by atoms with van der Waals surface area (Å²) in [4.78, 5) is 56.7. The Morgan fingerprint density at radius 1 is 0.785 bits per heavy atom. The number of carbonyl (C=O) groups excluding carboxylic acids is 3. The minimum Gasteiger partial charge on any atom is -0.664 e. The van der Waals surface area contributed by atoms with E-state index in [1.807, 2.05) is 38.2 Å². The number of esters is 2. The van der Waals surface area contributed by atoms with Crippen LogP contribution in [0.5, 0.6) is 0 Å². The van der Waals surface area contributed by atoms with Gasteiger partial charge in [0.2, 0.25) is 0 Å². The summed E-state index contributed by atoms with van der Waals surface area (Å²) in [5.41, 5.74) is 9.55. The van der Waals surface area contributed by atoms with Gasteiger partial charge in [-0.15, -0.1) is 33.5 Å². The van der Waals surface area contributed by atoms with Gasteiger partial charge < -0.3 is 29.7 Å². The monoisotopic (exact) mass is 895 g/mol. The first-order valence-corrected chi connectivity index (χ1v) is 24.4. The molecule has 65 heavy (non-hydrogen) atoms. The van der Waals surface area contributed by atoms with E-state index in [9.17, 15) is 14.4 Å². The first-order chi connectivity index (χ1) is 30.6. The summed E-state index contributed by atoms with van der Waals surface area (Å²) < 4.78 is 11.1. The molecule has 8 bridgehead atoms. The zero-order valence-corrected chi connectivity index (χ0v) is 42.9. The van der Waals surface area contributed by atoms with Gasteiger partial charge in [0.05, 0.1) is 13.7 Å². The Bertz CT molecular complexity index is 2390. The van der Waals surface area contributed by atoms with E-state index in [-0.39, 0.29) is 53.1 Å². The Labute approximate surface area is 405 Å². The van der Waals surface area contributed by atoms with Crippen LogP contribution >= 0.6 is 0 Å². The molecule has 9 nitrogen and oxygen atoms in total. The molecule has 10 heteroatoms. The zero-order valence-electron chi connectivity index (χ0n) is 41.5. The van der Waals surface area contributed by atoms with Crippen molar-refractivity contribution < 1.29 is 23.9 Å². The largest absolute Gasteiger partial charge is 2.00 e. The average molecular weight is 896 g/mol. The van der Waals surface area contributed by atoms with Gasteiger partial charge in [0.1, 0.15) is 5.92 Å². The number of Topliss-reactive ketones (excluding diaryl/α,β-unsaturated/α-hetero) is 1. The van der Waals surface area contributed by atoms with Crippen molar-refractivity contribution in [1.29, 1.82) is 0 Å². The molecule has 1 fully saturated rings. The number of methoxy groups -OCH3 is 1. The Hall–Kier alpha value is -4.02. The van der Waals surface area contributed by atoms with E-state index in [0.29, 0.717) is 52.7 Å². The molecular formula is C55H74MgN4O5-2. The molecule has 348 valence electrons. The van der Waals surface area contributed by atoms with Crippen molar-refractivity contribution in [1.82, 2.24) is 15.0 Å². The third kappa shape index (κ3) is 11.8. The van der Waals surface area contributed by atoms with Crippen molar-refractivity contribution in [3.8, 4) is 0 Å². The molecule has 1 aliphatic carbocycles. The summed E-state index contributed by atoms with van der Waals surface area (Å²) in [5, 5.41) is 6.85. The molecule has 1 saturated heterocycles. The summed E-state index contributed by atoms with van der Waals surface area (Å²) in [6, 6.07) is 0. The summed E-state index contributed by atoms with van der Waals surface area (Å²) in [6.45, 7) is 26.4. The Balaban J connectivity index is 0.00000793. The minimum atomic E-state index is -1.21. The van der Waals surface area contributed by atoms with Crippen molar-refractivity contribution in [2.45, 2.75) is 153 Å². The van der Waals surface area contributed by atoms with Crippen molar-refractivity contribution in [3.63, 3.8) is 0 Å². The first kappa shape index (κ1) is 52.0. The van der Waals surface area contributed by atoms with Crippen LogP contribution in [0.25, 0.3) is 35.2 Å². The van der Waals surface area contributed by atoms with Crippen LogP contribution in [0, 0.1) is 62.2 Å². The van der Waals surface area contributed by atoms with Crippen LogP contribution in [0.15, 0.2) is 18.0 Å². The van der Waals surface area contributed by atoms with Gasteiger partial charge in [0, 0.05) is 12.0 Å². The quantitative estimate of drug-likeness (QED) is 0.0588. The smallest absolute Gasteiger partial charge is 0.664 e. The standard InChI is InChI=1S/C55H75N4O5.Mg/c1-13-39-35(8)42-28-44-37(10)41(24-25-48(60)64-27-26-34(7)23-17-22-33(6)21-16-20-32(5)19-15-18-31(3)4)52(58-44)50-51(55(62)63-12)54(61)49-38(11)45(59-53(49)50)30-47-40(14-2)36(9)43(57-47)29-46(39)56-42;/h13,28-34,37,41,51H,1,14-27H2,2-12H3,(H-,58,59,61);/q-3;+2/p-1/b43-29-,44-28-,47-30-;/t32-,33+,34?,37+,41+,51-;/m1./s1. The molecule has 0 N–H and O–H groups in total. The maximum absolute atomic E-state index is 14.4. The molecule has 2 aliphatic heterocycles. The van der Waals surface area contributed by atoms with Crippen molar-refractivity contribution >= 4 is 70.7 Å². The van der Waals surface area contributed by atoms with Crippen molar-refractivity contribution in [3.05, 3.63) is 90.1 Å². The number of hydrogen-bond donors (Lipinski definition) is 0. The first-order valence-electron chi connectivity index (χ1n) is 24.4. The summed E-state index contributed by atoms with van der Waals surface area (Å²) in [5.74, 6) is -0.108. The van der Waals surface area contributed by atoms with Crippen LogP contribution < -0.4 is 25.7 Å². The molecule has 6 rings (SSSR count). The number of rotatable bonds is 21. The van der Waals surface area contributed by atoms with Crippen LogP contribution in [0.1, 0.15) is 186 Å². The summed E-state index contributed by atoms with van der Waals surface area (Å²) >= 11 is 0. The summed E-state index contributed by atoms with van der Waals surface area (Å²) in [6.07, 6.45) is 21.6. The molecule has 5 heterocycles. The predicted molar refractivity (Wildman–Crippen MR) is 265 cm³/mol. The number of carbonyl (C=O) groups is 3. The van der Waals surface area contributed by atoms with Crippen molar-refractivity contribution in [2.75, 3.05) is 13.7 Å². The van der Waals surface area contributed by atoms with Crippen LogP contribution in [0.4, 0.5) is 0 Å². The number of ketones is 1. The normalized spacial score (nSPS) is 21.9. The van der Waals surface area contributed by atoms with E-state index in [1.54, 1.807) is 0 Å². The molecule has 3 aliphatic rings. The SMILES string of the molecule is C=Cc1c2[n-]c(c1C)/C=C1\[N-]/C(=C3\c4[n-]c(c(C)c4C(=O)[C@@H]3C(=O)OC)/C=c3\[n-]/c(c(C)c3CC)=C\2)[C@@H](CCC(=O)OCCC(C)CCC[C@@H](C)CCC[C@H](C)CCCC(C)C)[C@@H]1C.[Mg+2]. The van der Waals surface area contributed by atoms with Gasteiger partial charge in [-0.2, -0.15) is 11.4 Å². The molecule has 0 saturated carbocycles. The molecule has 6 atom stereocenters. The molecule has 3 aromatic heterocycles. The van der Waals surface area contributed by atoms with Gasteiger partial charge in [-0.05, 0) is 81.1 Å². The van der Waals surface area contributed by atoms with Crippen molar-refractivity contribution in [2.24, 2.45) is 41.4 Å². The maximum atomic E-state index is 14.4. The van der Waals surface area contributed by atoms with E-state index in [1.165, 1.54) is 58.5 Å². The summed E-state index contributed by atoms with van der Waals surface area (Å²) in [7, 11) is 1.30. The van der Waals surface area contributed by atoms with Gasteiger partial charge in [-0.25, -0.2) is 0 Å². The topological polar surface area (TPSA) is 126 Å². The van der Waals surface area contributed by atoms with Gasteiger partial charge in [-0.3, -0.25) is 14.4 Å². The third-order valence-corrected chi connectivity index (χ3v) is 14.5. The van der Waals surface area contributed by atoms with E-state index in [2.05, 4.69) is 62.0 Å². The molecule has 3 aromatic rings. The number of nitrogens with zero attached hydrogens (tertiary/aromatic N) is 4. The van der Waals surface area contributed by atoms with Gasteiger partial charge >= 0.3 is 35.0 Å². The second-order valence-corrected chi connectivity index (χ2v) is 19.8. The molecule has 0 spiro atoms. The van der Waals surface area contributed by atoms with E-state index >= 15 is 0 Å². The fraction of sp³-hybridized carbons (Fsp3) is 0.582. The average Bonchev–Trinajstić information content (AvgIpc) is 3.99. The minimum absolute atomic E-state index is 0. The molecular weight excluding hydrogens is 821 g/mol. The van der Waals surface area contributed by atoms with Gasteiger partial charge in [-0.1, -0.05) is 165 Å². The second kappa shape index (κ2) is 23.1. The fourth-order valence-electron chi connectivity index (χ4n) is 10.3. The number of allylic oxidation sites excluding steroid dienone is 2. The number of aromatic nitrogens is 3.